The van der Waals surface area contributed by atoms with Crippen LogP contribution in [-0.2, 0) is 11.3 Å². The van der Waals surface area contributed by atoms with Crippen molar-refractivity contribution in [3.8, 4) is 0 Å². The van der Waals surface area contributed by atoms with Crippen LogP contribution in [0.1, 0.15) is 43.8 Å². The minimum absolute atomic E-state index is 0.0834. The van der Waals surface area contributed by atoms with Crippen molar-refractivity contribution in [1.82, 2.24) is 20.3 Å². The zero-order chi connectivity index (χ0) is 14.3. The fraction of sp³-hybridized carbons (Fsp3) is 0.786. The number of carbonyl (C=O) groups is 1. The Kier molecular flexibility index (Phi) is 3.44. The molecule has 110 valence electrons. The molecule has 5 nitrogen and oxygen atoms in total. The van der Waals surface area contributed by atoms with Gasteiger partial charge < -0.3 is 5.32 Å². The van der Waals surface area contributed by atoms with E-state index >= 15 is 0 Å². The predicted molar refractivity (Wildman–Crippen MR) is 80.5 cm³/mol. The van der Waals surface area contributed by atoms with E-state index in [1.54, 1.807) is 0 Å². The van der Waals surface area contributed by atoms with Gasteiger partial charge in [-0.25, -0.2) is 4.68 Å². The average molecular weight is 292 g/mol. The molecular weight excluding hydrogens is 268 g/mol. The molecule has 1 fully saturated rings. The molecule has 20 heavy (non-hydrogen) atoms. The fourth-order valence-corrected chi connectivity index (χ4v) is 4.91. The highest BCUT2D eigenvalue weighted by Crippen LogP contribution is 2.35. The first kappa shape index (κ1) is 13.8. The maximum absolute atomic E-state index is 11.9. The highest BCUT2D eigenvalue weighted by atomic mass is 28.3. The first-order valence-corrected chi connectivity index (χ1v) is 11.2. The molecule has 1 atom stereocenters. The van der Waals surface area contributed by atoms with Crippen molar-refractivity contribution in [2.45, 2.75) is 64.3 Å². The summed E-state index contributed by atoms with van der Waals surface area (Å²) in [6.45, 7) is 7.22. The van der Waals surface area contributed by atoms with Crippen LogP contribution in [0.3, 0.4) is 0 Å². The first-order chi connectivity index (χ1) is 9.47. The first-order valence-electron chi connectivity index (χ1n) is 7.70. The lowest BCUT2D eigenvalue weighted by Gasteiger charge is -2.35. The van der Waals surface area contributed by atoms with Gasteiger partial charge in [0.2, 0.25) is 5.91 Å². The third-order valence-corrected chi connectivity index (χ3v) is 6.29. The lowest BCUT2D eigenvalue weighted by Crippen LogP contribution is -2.49. The van der Waals surface area contributed by atoms with Crippen molar-refractivity contribution in [2.24, 2.45) is 5.92 Å². The van der Waals surface area contributed by atoms with Crippen molar-refractivity contribution < 1.29 is 4.79 Å². The van der Waals surface area contributed by atoms with Gasteiger partial charge in [0.05, 0.1) is 17.1 Å². The highest BCUT2D eigenvalue weighted by molar-refractivity contribution is 6.88. The van der Waals surface area contributed by atoms with Crippen molar-refractivity contribution in [3.63, 3.8) is 0 Å². The van der Waals surface area contributed by atoms with E-state index in [4.69, 9.17) is 0 Å². The molecule has 0 spiro atoms. The van der Waals surface area contributed by atoms with Gasteiger partial charge >= 0.3 is 0 Å². The van der Waals surface area contributed by atoms with Gasteiger partial charge in [0.15, 0.2) is 0 Å². The van der Waals surface area contributed by atoms with Gasteiger partial charge in [0.1, 0.15) is 14.6 Å². The minimum Gasteiger partial charge on any atom is -0.346 e. The molecule has 0 saturated heterocycles. The summed E-state index contributed by atoms with van der Waals surface area (Å²) in [5.74, 6) is 0.639. The number of carbonyl (C=O) groups excluding carboxylic acids is 1. The standard InChI is InChI=1S/C14H24N4OSi/c1-20(2,3)14-13-12(10-7-5-4-6-8-10)15-11(19)9-18(13)17-16-14/h10,12H,4-9H2,1-3H3,(H,15,19). The highest BCUT2D eigenvalue weighted by Gasteiger charge is 2.38. The van der Waals surface area contributed by atoms with Gasteiger partial charge in [0, 0.05) is 0 Å². The van der Waals surface area contributed by atoms with E-state index in [1.807, 2.05) is 4.68 Å². The summed E-state index contributed by atoms with van der Waals surface area (Å²) in [5, 5.41) is 13.1. The van der Waals surface area contributed by atoms with E-state index in [9.17, 15) is 4.79 Å². The normalized spacial score (nSPS) is 24.4. The summed E-state index contributed by atoms with van der Waals surface area (Å²) < 4.78 is 1.85. The largest absolute Gasteiger partial charge is 0.346 e. The molecular formula is C14H24N4OSi. The van der Waals surface area contributed by atoms with Crippen molar-refractivity contribution in [2.75, 3.05) is 0 Å². The van der Waals surface area contributed by atoms with E-state index < -0.39 is 8.07 Å². The smallest absolute Gasteiger partial charge is 0.242 e. The zero-order valence-electron chi connectivity index (χ0n) is 12.6. The molecule has 0 aromatic carbocycles. The van der Waals surface area contributed by atoms with Crippen LogP contribution >= 0.6 is 0 Å². The Bertz CT molecular complexity index is 514. The van der Waals surface area contributed by atoms with Gasteiger partial charge in [0.25, 0.3) is 0 Å². The number of amides is 1. The van der Waals surface area contributed by atoms with Gasteiger partial charge in [-0.1, -0.05) is 44.1 Å². The van der Waals surface area contributed by atoms with E-state index in [0.29, 0.717) is 12.5 Å². The van der Waals surface area contributed by atoms with Crippen LogP contribution in [0.15, 0.2) is 0 Å². The average Bonchev–Trinajstić information content (AvgIpc) is 2.82. The fourth-order valence-electron chi connectivity index (χ4n) is 3.51. The number of hydrogen-bond acceptors (Lipinski definition) is 3. The molecule has 3 rings (SSSR count). The van der Waals surface area contributed by atoms with Gasteiger partial charge in [-0.15, -0.1) is 5.10 Å². The molecule has 1 N–H and O–H groups in total. The van der Waals surface area contributed by atoms with Crippen molar-refractivity contribution >= 4 is 19.3 Å². The second-order valence-corrected chi connectivity index (χ2v) is 12.1. The Morgan fingerprint density at radius 2 is 1.90 bits per heavy atom. The summed E-state index contributed by atoms with van der Waals surface area (Å²) in [6, 6.07) is 0.133. The summed E-state index contributed by atoms with van der Waals surface area (Å²) >= 11 is 0. The van der Waals surface area contributed by atoms with E-state index in [0.717, 1.165) is 0 Å². The third-order valence-electron chi connectivity index (χ3n) is 4.51. The number of hydrogen-bond donors (Lipinski definition) is 1. The Labute approximate surface area is 121 Å². The molecule has 0 radical (unpaired) electrons. The van der Waals surface area contributed by atoms with E-state index in [1.165, 1.54) is 43.1 Å². The van der Waals surface area contributed by atoms with Crippen LogP contribution in [0.2, 0.25) is 19.6 Å². The van der Waals surface area contributed by atoms with Crippen LogP contribution in [-0.4, -0.2) is 29.0 Å². The summed E-state index contributed by atoms with van der Waals surface area (Å²) in [6.07, 6.45) is 6.31. The molecule has 6 heteroatoms. The number of rotatable bonds is 2. The Balaban J connectivity index is 2.00. The maximum atomic E-state index is 11.9. The molecule has 1 aromatic rings. The molecule has 0 bridgehead atoms. The monoisotopic (exact) mass is 292 g/mol. The molecule has 1 aromatic heterocycles. The topological polar surface area (TPSA) is 59.8 Å². The lowest BCUT2D eigenvalue weighted by molar-refractivity contribution is -0.124. The van der Waals surface area contributed by atoms with Gasteiger partial charge in [-0.2, -0.15) is 0 Å². The maximum Gasteiger partial charge on any atom is 0.242 e. The van der Waals surface area contributed by atoms with Crippen LogP contribution in [0.25, 0.3) is 0 Å². The predicted octanol–water partition coefficient (Wildman–Crippen LogP) is 1.57. The second kappa shape index (κ2) is 4.98. The van der Waals surface area contributed by atoms with Crippen LogP contribution < -0.4 is 10.6 Å². The van der Waals surface area contributed by atoms with Gasteiger partial charge in [-0.05, 0) is 18.8 Å². The summed E-state index contributed by atoms with van der Waals surface area (Å²) in [7, 11) is -1.53. The van der Waals surface area contributed by atoms with E-state index in [2.05, 4.69) is 35.3 Å². The zero-order valence-corrected chi connectivity index (χ0v) is 13.6. The number of nitrogens with zero attached hydrogens (tertiary/aromatic N) is 3. The van der Waals surface area contributed by atoms with E-state index in [-0.39, 0.29) is 11.9 Å². The SMILES string of the molecule is C[Si](C)(C)c1nnn2c1C(C1CCCCC1)NC(=O)C2. The Hall–Kier alpha value is -1.17. The summed E-state index contributed by atoms with van der Waals surface area (Å²) in [5.41, 5.74) is 1.20. The third kappa shape index (κ3) is 2.41. The number of nitrogens with one attached hydrogen (secondary N) is 1. The number of aromatic nitrogens is 3. The van der Waals surface area contributed by atoms with Crippen LogP contribution in [0.5, 0.6) is 0 Å². The quantitative estimate of drug-likeness (QED) is 0.842. The minimum atomic E-state index is -1.53. The van der Waals surface area contributed by atoms with Crippen molar-refractivity contribution in [3.05, 3.63) is 5.69 Å². The molecule has 1 aliphatic heterocycles. The molecule has 2 aliphatic rings. The number of fused-ring (bicyclic) bond motifs is 1. The molecule has 1 unspecified atom stereocenters. The molecule has 2 heterocycles. The lowest BCUT2D eigenvalue weighted by atomic mass is 9.82. The molecule has 1 amide bonds. The van der Waals surface area contributed by atoms with Crippen LogP contribution in [0.4, 0.5) is 0 Å². The molecule has 1 saturated carbocycles. The van der Waals surface area contributed by atoms with Crippen molar-refractivity contribution in [1.29, 1.82) is 0 Å². The Morgan fingerprint density at radius 1 is 1.20 bits per heavy atom. The summed E-state index contributed by atoms with van der Waals surface area (Å²) in [4.78, 5) is 11.9. The Morgan fingerprint density at radius 3 is 2.55 bits per heavy atom. The molecule has 1 aliphatic carbocycles. The van der Waals surface area contributed by atoms with Gasteiger partial charge in [-0.3, -0.25) is 4.79 Å². The second-order valence-electron chi connectivity index (χ2n) is 7.17. The van der Waals surface area contributed by atoms with Crippen LogP contribution in [0, 0.1) is 5.92 Å².